The molecule has 0 amide bonds. The summed E-state index contributed by atoms with van der Waals surface area (Å²) in [4.78, 5) is 12.2. The molecule has 0 unspecified atom stereocenters. The molecule has 3 aromatic rings. The van der Waals surface area contributed by atoms with Crippen molar-refractivity contribution < 1.29 is 4.79 Å². The lowest BCUT2D eigenvalue weighted by Gasteiger charge is -2.04. The van der Waals surface area contributed by atoms with Gasteiger partial charge in [-0.25, -0.2) is 0 Å². The van der Waals surface area contributed by atoms with E-state index in [0.717, 1.165) is 10.9 Å². The second-order valence-electron chi connectivity index (χ2n) is 4.90. The molecule has 0 fully saturated rings. The van der Waals surface area contributed by atoms with Crippen molar-refractivity contribution in [2.75, 3.05) is 5.73 Å². The fraction of sp³-hybridized carbons (Fsp3) is 0.0556. The summed E-state index contributed by atoms with van der Waals surface area (Å²) in [5, 5.41) is 2.35. The molecule has 98 valence electrons. The van der Waals surface area contributed by atoms with Gasteiger partial charge in [-0.05, 0) is 40.6 Å². The fourth-order valence-corrected chi connectivity index (χ4v) is 2.31. The zero-order chi connectivity index (χ0) is 13.9. The van der Waals surface area contributed by atoms with Crippen molar-refractivity contribution in [3.05, 3.63) is 77.9 Å². The maximum atomic E-state index is 12.2. The van der Waals surface area contributed by atoms with Crippen molar-refractivity contribution in [3.63, 3.8) is 0 Å². The molecular formula is C18H15NO. The van der Waals surface area contributed by atoms with Gasteiger partial charge in [0.15, 0.2) is 5.78 Å². The molecule has 0 heterocycles. The van der Waals surface area contributed by atoms with Crippen LogP contribution in [-0.4, -0.2) is 5.78 Å². The summed E-state index contributed by atoms with van der Waals surface area (Å²) in [5.41, 5.74) is 8.04. The van der Waals surface area contributed by atoms with Crippen LogP contribution in [0.1, 0.15) is 15.9 Å². The van der Waals surface area contributed by atoms with Crippen LogP contribution in [0.25, 0.3) is 10.8 Å². The van der Waals surface area contributed by atoms with Crippen molar-refractivity contribution >= 4 is 22.2 Å². The van der Waals surface area contributed by atoms with Gasteiger partial charge in [0.2, 0.25) is 0 Å². The van der Waals surface area contributed by atoms with Gasteiger partial charge in [0.05, 0.1) is 0 Å². The van der Waals surface area contributed by atoms with E-state index < -0.39 is 0 Å². The van der Waals surface area contributed by atoms with Gasteiger partial charge in [-0.1, -0.05) is 42.5 Å². The number of hydrogen-bond donors (Lipinski definition) is 1. The SMILES string of the molecule is Nc1ccc(C(=O)Cc2ccc3ccccc3c2)cc1. The normalized spacial score (nSPS) is 10.6. The largest absolute Gasteiger partial charge is 0.399 e. The second kappa shape index (κ2) is 5.17. The lowest BCUT2D eigenvalue weighted by molar-refractivity contribution is 0.0993. The molecule has 20 heavy (non-hydrogen) atoms. The van der Waals surface area contributed by atoms with E-state index in [9.17, 15) is 4.79 Å². The van der Waals surface area contributed by atoms with E-state index >= 15 is 0 Å². The van der Waals surface area contributed by atoms with Gasteiger partial charge in [0.1, 0.15) is 0 Å². The fourth-order valence-electron chi connectivity index (χ4n) is 2.31. The molecular weight excluding hydrogens is 246 g/mol. The first-order valence-corrected chi connectivity index (χ1v) is 6.59. The van der Waals surface area contributed by atoms with Crippen LogP contribution in [0.3, 0.4) is 0 Å². The topological polar surface area (TPSA) is 43.1 Å². The van der Waals surface area contributed by atoms with Crippen LogP contribution < -0.4 is 5.73 Å². The quantitative estimate of drug-likeness (QED) is 0.575. The third kappa shape index (κ3) is 2.54. The maximum Gasteiger partial charge on any atom is 0.167 e. The summed E-state index contributed by atoms with van der Waals surface area (Å²) in [6.07, 6.45) is 0.411. The first-order valence-electron chi connectivity index (χ1n) is 6.59. The van der Waals surface area contributed by atoms with E-state index in [1.54, 1.807) is 24.3 Å². The molecule has 3 rings (SSSR count). The summed E-state index contributed by atoms with van der Waals surface area (Å²) < 4.78 is 0. The molecule has 0 aliphatic heterocycles. The Morgan fingerprint density at radius 1 is 0.850 bits per heavy atom. The Morgan fingerprint density at radius 3 is 2.30 bits per heavy atom. The van der Waals surface area contributed by atoms with Crippen LogP contribution in [0.4, 0.5) is 5.69 Å². The number of benzene rings is 3. The van der Waals surface area contributed by atoms with E-state index in [-0.39, 0.29) is 5.78 Å². The molecule has 0 spiro atoms. The van der Waals surface area contributed by atoms with Crippen LogP contribution in [0.15, 0.2) is 66.7 Å². The summed E-state index contributed by atoms with van der Waals surface area (Å²) in [7, 11) is 0. The standard InChI is InChI=1S/C18H15NO/c19-17-9-7-15(8-10-17)18(20)12-13-5-6-14-3-1-2-4-16(14)11-13/h1-11H,12,19H2. The first-order chi connectivity index (χ1) is 9.72. The molecule has 0 aliphatic rings. The molecule has 3 aromatic carbocycles. The van der Waals surface area contributed by atoms with Crippen LogP contribution >= 0.6 is 0 Å². The Morgan fingerprint density at radius 2 is 1.55 bits per heavy atom. The Balaban J connectivity index is 1.85. The number of nitrogens with two attached hydrogens (primary N) is 1. The Bertz CT molecular complexity index is 760. The molecule has 0 atom stereocenters. The minimum atomic E-state index is 0.111. The van der Waals surface area contributed by atoms with Gasteiger partial charge in [0.25, 0.3) is 0 Å². The van der Waals surface area contributed by atoms with Gasteiger partial charge in [-0.15, -0.1) is 0 Å². The van der Waals surface area contributed by atoms with E-state index in [1.165, 1.54) is 5.39 Å². The number of carbonyl (C=O) groups is 1. The minimum absolute atomic E-state index is 0.111. The van der Waals surface area contributed by atoms with Crippen molar-refractivity contribution in [2.24, 2.45) is 0 Å². The highest BCUT2D eigenvalue weighted by atomic mass is 16.1. The molecule has 2 N–H and O–H groups in total. The number of hydrogen-bond acceptors (Lipinski definition) is 2. The molecule has 0 bridgehead atoms. The predicted molar refractivity (Wildman–Crippen MR) is 82.8 cm³/mol. The highest BCUT2D eigenvalue weighted by Gasteiger charge is 2.07. The zero-order valence-electron chi connectivity index (χ0n) is 11.0. The Hall–Kier alpha value is -2.61. The van der Waals surface area contributed by atoms with Crippen LogP contribution in [0.5, 0.6) is 0 Å². The van der Waals surface area contributed by atoms with Gasteiger partial charge in [-0.2, -0.15) is 0 Å². The van der Waals surface area contributed by atoms with Crippen molar-refractivity contribution in [1.29, 1.82) is 0 Å². The van der Waals surface area contributed by atoms with E-state index in [4.69, 9.17) is 5.73 Å². The number of fused-ring (bicyclic) bond motifs is 1. The second-order valence-corrected chi connectivity index (χ2v) is 4.90. The van der Waals surface area contributed by atoms with Crippen molar-refractivity contribution in [2.45, 2.75) is 6.42 Å². The maximum absolute atomic E-state index is 12.2. The minimum Gasteiger partial charge on any atom is -0.399 e. The summed E-state index contributed by atoms with van der Waals surface area (Å²) in [6.45, 7) is 0. The third-order valence-electron chi connectivity index (χ3n) is 3.41. The first kappa shape index (κ1) is 12.4. The average molecular weight is 261 g/mol. The summed E-state index contributed by atoms with van der Waals surface area (Å²) in [5.74, 6) is 0.111. The summed E-state index contributed by atoms with van der Waals surface area (Å²) >= 11 is 0. The van der Waals surface area contributed by atoms with Gasteiger partial charge in [0, 0.05) is 17.7 Å². The van der Waals surface area contributed by atoms with Crippen LogP contribution in [-0.2, 0) is 6.42 Å². The van der Waals surface area contributed by atoms with Crippen molar-refractivity contribution in [3.8, 4) is 0 Å². The number of nitrogen functional groups attached to an aromatic ring is 1. The van der Waals surface area contributed by atoms with E-state index in [1.807, 2.05) is 18.2 Å². The van der Waals surface area contributed by atoms with Gasteiger partial charge in [-0.3, -0.25) is 4.79 Å². The highest BCUT2D eigenvalue weighted by molar-refractivity contribution is 5.98. The van der Waals surface area contributed by atoms with E-state index in [0.29, 0.717) is 17.7 Å². The highest BCUT2D eigenvalue weighted by Crippen LogP contribution is 2.17. The molecule has 0 saturated carbocycles. The molecule has 2 heteroatoms. The van der Waals surface area contributed by atoms with Gasteiger partial charge >= 0.3 is 0 Å². The number of Topliss-reactive ketones (excluding diaryl/α,β-unsaturated/α-hetero) is 1. The number of anilines is 1. The number of ketones is 1. The van der Waals surface area contributed by atoms with Crippen LogP contribution in [0, 0.1) is 0 Å². The smallest absolute Gasteiger partial charge is 0.167 e. The monoisotopic (exact) mass is 261 g/mol. The Kier molecular flexibility index (Phi) is 3.21. The molecule has 0 radical (unpaired) electrons. The zero-order valence-corrected chi connectivity index (χ0v) is 11.0. The molecule has 0 saturated heterocycles. The number of carbonyl (C=O) groups excluding carboxylic acids is 1. The average Bonchev–Trinajstić information content (AvgIpc) is 2.48. The Labute approximate surface area is 117 Å². The third-order valence-corrected chi connectivity index (χ3v) is 3.41. The molecule has 0 aromatic heterocycles. The lowest BCUT2D eigenvalue weighted by atomic mass is 10.00. The van der Waals surface area contributed by atoms with E-state index in [2.05, 4.69) is 24.3 Å². The van der Waals surface area contributed by atoms with Gasteiger partial charge < -0.3 is 5.73 Å². The lowest BCUT2D eigenvalue weighted by Crippen LogP contribution is -2.03. The number of rotatable bonds is 3. The van der Waals surface area contributed by atoms with Crippen LogP contribution in [0.2, 0.25) is 0 Å². The molecule has 0 aliphatic carbocycles. The predicted octanol–water partition coefficient (Wildman–Crippen LogP) is 3.85. The van der Waals surface area contributed by atoms with Crippen molar-refractivity contribution in [1.82, 2.24) is 0 Å². The molecule has 2 nitrogen and oxygen atoms in total. The summed E-state index contributed by atoms with van der Waals surface area (Å²) in [6, 6.07) is 21.4.